The van der Waals surface area contributed by atoms with Gasteiger partial charge in [0.05, 0.1) is 5.92 Å². The van der Waals surface area contributed by atoms with E-state index in [1.807, 2.05) is 31.0 Å². The molecule has 0 aromatic heterocycles. The molecule has 0 aliphatic carbocycles. The fraction of sp³-hybridized carbons (Fsp3) is 0.450. The molecular weight excluding hydrogens is 284 g/mol. The lowest BCUT2D eigenvalue weighted by molar-refractivity contribution is -0.133. The molecule has 3 nitrogen and oxygen atoms in total. The minimum Gasteiger partial charge on any atom is -0.342 e. The van der Waals surface area contributed by atoms with Gasteiger partial charge in [0.15, 0.2) is 0 Å². The molecule has 1 aliphatic rings. The summed E-state index contributed by atoms with van der Waals surface area (Å²) in [5.41, 5.74) is 1.12. The van der Waals surface area contributed by atoms with Gasteiger partial charge >= 0.3 is 0 Å². The number of carbonyl (C=O) groups is 1. The van der Waals surface area contributed by atoms with Crippen molar-refractivity contribution in [3.63, 3.8) is 0 Å². The minimum atomic E-state index is -0.0690. The number of piperidine rings is 1. The number of nitrogens with one attached hydrogen (secondary N) is 1. The topological polar surface area (TPSA) is 32.3 Å². The Morgan fingerprint density at radius 3 is 2.57 bits per heavy atom. The second kappa shape index (κ2) is 7.14. The Kier molecular flexibility index (Phi) is 4.97. The third kappa shape index (κ3) is 3.56. The maximum Gasteiger partial charge on any atom is 0.229 e. The van der Waals surface area contributed by atoms with Crippen molar-refractivity contribution < 1.29 is 4.79 Å². The number of nitrogens with zero attached hydrogens (tertiary/aromatic N) is 1. The van der Waals surface area contributed by atoms with Gasteiger partial charge in [-0.25, -0.2) is 0 Å². The summed E-state index contributed by atoms with van der Waals surface area (Å²) < 4.78 is 0. The van der Waals surface area contributed by atoms with Crippen molar-refractivity contribution in [2.24, 2.45) is 5.92 Å². The van der Waals surface area contributed by atoms with Crippen molar-refractivity contribution >= 4 is 16.7 Å². The number of hydrogen-bond acceptors (Lipinski definition) is 2. The van der Waals surface area contributed by atoms with Crippen molar-refractivity contribution in [1.82, 2.24) is 10.2 Å². The molecule has 1 unspecified atom stereocenters. The van der Waals surface area contributed by atoms with Gasteiger partial charge in [-0.15, -0.1) is 0 Å². The van der Waals surface area contributed by atoms with Crippen molar-refractivity contribution in [2.45, 2.75) is 25.7 Å². The molecule has 3 heteroatoms. The van der Waals surface area contributed by atoms with Gasteiger partial charge < -0.3 is 10.2 Å². The first-order valence-corrected chi connectivity index (χ1v) is 8.61. The first-order valence-electron chi connectivity index (χ1n) is 8.61. The molecule has 0 radical (unpaired) electrons. The quantitative estimate of drug-likeness (QED) is 0.938. The minimum absolute atomic E-state index is 0.0690. The first-order chi connectivity index (χ1) is 11.2. The van der Waals surface area contributed by atoms with Crippen LogP contribution < -0.4 is 5.32 Å². The van der Waals surface area contributed by atoms with Crippen LogP contribution in [-0.4, -0.2) is 37.5 Å². The van der Waals surface area contributed by atoms with Crippen LogP contribution in [-0.2, 0) is 4.79 Å². The largest absolute Gasteiger partial charge is 0.342 e. The van der Waals surface area contributed by atoms with Gasteiger partial charge in [-0.05, 0) is 55.6 Å². The highest BCUT2D eigenvalue weighted by Gasteiger charge is 2.26. The molecule has 1 fully saturated rings. The summed E-state index contributed by atoms with van der Waals surface area (Å²) in [7, 11) is 2.00. The maximum absolute atomic E-state index is 12.8. The van der Waals surface area contributed by atoms with Gasteiger partial charge in [0.2, 0.25) is 5.91 Å². The normalized spacial score (nSPS) is 17.4. The van der Waals surface area contributed by atoms with Gasteiger partial charge in [-0.1, -0.05) is 42.5 Å². The van der Waals surface area contributed by atoms with Crippen LogP contribution in [0.2, 0.25) is 0 Å². The number of hydrogen-bond donors (Lipinski definition) is 1. The van der Waals surface area contributed by atoms with E-state index in [-0.39, 0.29) is 11.8 Å². The van der Waals surface area contributed by atoms with Crippen LogP contribution in [0.3, 0.4) is 0 Å². The predicted octanol–water partition coefficient (Wildman–Crippen LogP) is 3.40. The van der Waals surface area contributed by atoms with Crippen molar-refractivity contribution in [2.75, 3.05) is 26.7 Å². The van der Waals surface area contributed by atoms with Gasteiger partial charge in [-0.2, -0.15) is 0 Å². The standard InChI is InChI=1S/C20H26N2O/c1-15(18-8-7-17-5-3-4-6-19(17)13-18)20(23)22-11-9-16(10-12-22)14-21-2/h3-8,13,15-16,21H,9-12,14H2,1-2H3. The molecule has 0 bridgehead atoms. The first kappa shape index (κ1) is 16.0. The van der Waals surface area contributed by atoms with Crippen LogP contribution in [0.1, 0.15) is 31.2 Å². The van der Waals surface area contributed by atoms with Crippen LogP contribution in [0.5, 0.6) is 0 Å². The molecule has 3 rings (SSSR count). The predicted molar refractivity (Wildman–Crippen MR) is 95.6 cm³/mol. The molecule has 0 saturated carbocycles. The zero-order chi connectivity index (χ0) is 16.2. The Balaban J connectivity index is 1.69. The Morgan fingerprint density at radius 2 is 1.87 bits per heavy atom. The summed E-state index contributed by atoms with van der Waals surface area (Å²) in [6.45, 7) is 4.88. The van der Waals surface area contributed by atoms with Crippen LogP contribution in [0.25, 0.3) is 10.8 Å². The highest BCUT2D eigenvalue weighted by atomic mass is 16.2. The lowest BCUT2D eigenvalue weighted by Gasteiger charge is -2.33. The third-order valence-corrected chi connectivity index (χ3v) is 5.06. The van der Waals surface area contributed by atoms with Gasteiger partial charge in [-0.3, -0.25) is 4.79 Å². The van der Waals surface area contributed by atoms with E-state index in [4.69, 9.17) is 0 Å². The summed E-state index contributed by atoms with van der Waals surface area (Å²) >= 11 is 0. The van der Waals surface area contributed by atoms with E-state index < -0.39 is 0 Å². The van der Waals surface area contributed by atoms with Gasteiger partial charge in [0.25, 0.3) is 0 Å². The Labute approximate surface area is 138 Å². The van der Waals surface area contributed by atoms with Crippen LogP contribution in [0.15, 0.2) is 42.5 Å². The fourth-order valence-electron chi connectivity index (χ4n) is 3.54. The molecule has 0 spiro atoms. The van der Waals surface area contributed by atoms with Crippen molar-refractivity contribution in [1.29, 1.82) is 0 Å². The smallest absolute Gasteiger partial charge is 0.229 e. The average molecular weight is 310 g/mol. The molecule has 1 atom stereocenters. The lowest BCUT2D eigenvalue weighted by atomic mass is 9.93. The van der Waals surface area contributed by atoms with Crippen LogP contribution >= 0.6 is 0 Å². The summed E-state index contributed by atoms with van der Waals surface area (Å²) in [6, 6.07) is 14.7. The summed E-state index contributed by atoms with van der Waals surface area (Å²) in [6.07, 6.45) is 2.22. The average Bonchev–Trinajstić information content (AvgIpc) is 2.61. The highest BCUT2D eigenvalue weighted by Crippen LogP contribution is 2.25. The Hall–Kier alpha value is -1.87. The number of fused-ring (bicyclic) bond motifs is 1. The zero-order valence-corrected chi connectivity index (χ0v) is 14.1. The van der Waals surface area contributed by atoms with E-state index in [0.717, 1.165) is 38.0 Å². The third-order valence-electron chi connectivity index (χ3n) is 5.06. The van der Waals surface area contributed by atoms with Crippen molar-refractivity contribution in [3.8, 4) is 0 Å². The van der Waals surface area contributed by atoms with E-state index in [0.29, 0.717) is 5.92 Å². The number of likely N-dealkylation sites (tertiary alicyclic amines) is 1. The molecular formula is C20H26N2O. The highest BCUT2D eigenvalue weighted by molar-refractivity contribution is 5.87. The lowest BCUT2D eigenvalue weighted by Crippen LogP contribution is -2.42. The fourth-order valence-corrected chi connectivity index (χ4v) is 3.54. The molecule has 2 aromatic carbocycles. The molecule has 1 aliphatic heterocycles. The maximum atomic E-state index is 12.8. The second-order valence-corrected chi connectivity index (χ2v) is 6.65. The number of amides is 1. The number of carbonyl (C=O) groups excluding carboxylic acids is 1. The Bertz CT molecular complexity index is 674. The van der Waals surface area contributed by atoms with E-state index in [1.54, 1.807) is 0 Å². The number of benzene rings is 2. The molecule has 1 heterocycles. The van der Waals surface area contributed by atoms with Gasteiger partial charge in [0.1, 0.15) is 0 Å². The molecule has 122 valence electrons. The Morgan fingerprint density at radius 1 is 1.17 bits per heavy atom. The summed E-state index contributed by atoms with van der Waals surface area (Å²) in [4.78, 5) is 14.9. The SMILES string of the molecule is CNCC1CCN(C(=O)C(C)c2ccc3ccccc3c2)CC1. The summed E-state index contributed by atoms with van der Waals surface area (Å²) in [5, 5.41) is 5.68. The van der Waals surface area contributed by atoms with E-state index in [2.05, 4.69) is 35.6 Å². The van der Waals surface area contributed by atoms with Crippen molar-refractivity contribution in [3.05, 3.63) is 48.0 Å². The summed E-state index contributed by atoms with van der Waals surface area (Å²) in [5.74, 6) is 0.906. The van der Waals surface area contributed by atoms with Crippen LogP contribution in [0, 0.1) is 5.92 Å². The molecule has 23 heavy (non-hydrogen) atoms. The molecule has 2 aromatic rings. The number of rotatable bonds is 4. The van der Waals surface area contributed by atoms with Gasteiger partial charge in [0, 0.05) is 13.1 Å². The van der Waals surface area contributed by atoms with E-state index >= 15 is 0 Å². The van der Waals surface area contributed by atoms with E-state index in [1.165, 1.54) is 10.8 Å². The molecule has 1 N–H and O–H groups in total. The monoisotopic (exact) mass is 310 g/mol. The van der Waals surface area contributed by atoms with Crippen LogP contribution in [0.4, 0.5) is 0 Å². The zero-order valence-electron chi connectivity index (χ0n) is 14.1. The van der Waals surface area contributed by atoms with E-state index in [9.17, 15) is 4.79 Å². The second-order valence-electron chi connectivity index (χ2n) is 6.65. The molecule has 1 amide bonds. The molecule has 1 saturated heterocycles.